The molecule has 7 heteroatoms. The molecule has 2 fully saturated rings. The number of aromatic nitrogens is 2. The van der Waals surface area contributed by atoms with Crippen LogP contribution in [0, 0.1) is 5.92 Å². The van der Waals surface area contributed by atoms with Gasteiger partial charge in [-0.25, -0.2) is 0 Å². The largest absolute Gasteiger partial charge is 0.355 e. The normalized spacial score (nSPS) is 18.2. The van der Waals surface area contributed by atoms with Crippen molar-refractivity contribution in [3.8, 4) is 0 Å². The maximum atomic E-state index is 12.6. The molecular formula is C22H28ClN5O. The van der Waals surface area contributed by atoms with E-state index in [-0.39, 0.29) is 5.91 Å². The van der Waals surface area contributed by atoms with Crippen LogP contribution in [0.3, 0.4) is 0 Å². The molecule has 0 unspecified atom stereocenters. The molecule has 2 aliphatic heterocycles. The summed E-state index contributed by atoms with van der Waals surface area (Å²) in [5.74, 6) is 2.78. The molecule has 0 N–H and O–H groups in total. The Morgan fingerprint density at radius 2 is 1.52 bits per heavy atom. The number of carbonyl (C=O) groups excluding carboxylic acids is 1. The summed E-state index contributed by atoms with van der Waals surface area (Å²) in [7, 11) is 0. The number of nitrogens with zero attached hydrogens (tertiary/aromatic N) is 5. The van der Waals surface area contributed by atoms with E-state index in [9.17, 15) is 4.79 Å². The number of benzene rings is 1. The van der Waals surface area contributed by atoms with Crippen LogP contribution in [0.15, 0.2) is 36.4 Å². The average molecular weight is 414 g/mol. The smallest absolute Gasteiger partial charge is 0.227 e. The Kier molecular flexibility index (Phi) is 6.19. The molecule has 2 aliphatic rings. The summed E-state index contributed by atoms with van der Waals surface area (Å²) in [6.45, 7) is 7.34. The van der Waals surface area contributed by atoms with Gasteiger partial charge < -0.3 is 14.7 Å². The highest BCUT2D eigenvalue weighted by Gasteiger charge is 2.23. The Labute approximate surface area is 177 Å². The van der Waals surface area contributed by atoms with Gasteiger partial charge in [0.25, 0.3) is 0 Å². The molecule has 154 valence electrons. The molecule has 29 heavy (non-hydrogen) atoms. The highest BCUT2D eigenvalue weighted by Crippen LogP contribution is 2.23. The number of hydrogen-bond donors (Lipinski definition) is 0. The first-order chi connectivity index (χ1) is 14.1. The lowest BCUT2D eigenvalue weighted by Gasteiger charge is -2.35. The molecule has 0 aliphatic carbocycles. The van der Waals surface area contributed by atoms with Gasteiger partial charge in [-0.3, -0.25) is 4.79 Å². The van der Waals surface area contributed by atoms with Crippen molar-refractivity contribution in [2.45, 2.75) is 26.2 Å². The Morgan fingerprint density at radius 1 is 0.931 bits per heavy atom. The second kappa shape index (κ2) is 8.99. The fourth-order valence-electron chi connectivity index (χ4n) is 3.99. The van der Waals surface area contributed by atoms with Crippen molar-refractivity contribution in [2.24, 2.45) is 5.92 Å². The zero-order valence-electron chi connectivity index (χ0n) is 16.9. The summed E-state index contributed by atoms with van der Waals surface area (Å²) in [6, 6.07) is 11.7. The highest BCUT2D eigenvalue weighted by atomic mass is 35.5. The van der Waals surface area contributed by atoms with Crippen LogP contribution in [0.4, 0.5) is 11.6 Å². The molecule has 4 rings (SSSR count). The third kappa shape index (κ3) is 4.81. The Balaban J connectivity index is 1.30. The molecule has 1 amide bonds. The number of amides is 1. The van der Waals surface area contributed by atoms with Gasteiger partial charge in [-0.05, 0) is 42.5 Å². The number of halogens is 1. The highest BCUT2D eigenvalue weighted by molar-refractivity contribution is 6.31. The van der Waals surface area contributed by atoms with Crippen molar-refractivity contribution in [3.63, 3.8) is 0 Å². The molecule has 6 nitrogen and oxygen atoms in total. The van der Waals surface area contributed by atoms with Gasteiger partial charge in [0, 0.05) is 44.3 Å². The van der Waals surface area contributed by atoms with Crippen LogP contribution in [-0.2, 0) is 11.2 Å². The minimum atomic E-state index is 0.124. The molecule has 0 atom stereocenters. The number of piperidine rings is 1. The van der Waals surface area contributed by atoms with E-state index in [0.717, 1.165) is 49.3 Å². The van der Waals surface area contributed by atoms with Crippen molar-refractivity contribution >= 4 is 29.1 Å². The second-order valence-electron chi connectivity index (χ2n) is 8.06. The summed E-state index contributed by atoms with van der Waals surface area (Å²) >= 11 is 6.19. The molecule has 2 aromatic rings. The fraction of sp³-hybridized carbons (Fsp3) is 0.500. The van der Waals surface area contributed by atoms with E-state index in [1.54, 1.807) is 0 Å². The van der Waals surface area contributed by atoms with Gasteiger partial charge in [0.1, 0.15) is 0 Å². The van der Waals surface area contributed by atoms with E-state index < -0.39 is 0 Å². The summed E-state index contributed by atoms with van der Waals surface area (Å²) in [5.41, 5.74) is 0.884. The summed E-state index contributed by atoms with van der Waals surface area (Å²) in [6.07, 6.45) is 2.78. The maximum absolute atomic E-state index is 12.6. The summed E-state index contributed by atoms with van der Waals surface area (Å²) in [4.78, 5) is 19.1. The quantitative estimate of drug-likeness (QED) is 0.770. The molecule has 0 saturated carbocycles. The lowest BCUT2D eigenvalue weighted by molar-refractivity contribution is -0.130. The van der Waals surface area contributed by atoms with Crippen molar-refractivity contribution in [2.75, 3.05) is 49.1 Å². The third-order valence-corrected chi connectivity index (χ3v) is 6.37. The molecule has 1 aromatic heterocycles. The van der Waals surface area contributed by atoms with Crippen LogP contribution < -0.4 is 9.80 Å². The SMILES string of the molecule is CC1CCN(c2ccc(N3CCN(C(=O)Cc4ccccc4Cl)CC3)nn2)CC1. The minimum Gasteiger partial charge on any atom is -0.355 e. The van der Waals surface area contributed by atoms with E-state index in [1.807, 2.05) is 29.2 Å². The zero-order chi connectivity index (χ0) is 20.2. The predicted octanol–water partition coefficient (Wildman–Crippen LogP) is 3.26. The Morgan fingerprint density at radius 3 is 2.10 bits per heavy atom. The number of piperazine rings is 1. The van der Waals surface area contributed by atoms with Crippen molar-refractivity contribution in [1.29, 1.82) is 0 Å². The van der Waals surface area contributed by atoms with E-state index in [1.165, 1.54) is 12.8 Å². The van der Waals surface area contributed by atoms with E-state index >= 15 is 0 Å². The first kappa shape index (κ1) is 20.0. The Hall–Kier alpha value is -2.34. The van der Waals surface area contributed by atoms with Crippen LogP contribution in [0.2, 0.25) is 5.02 Å². The molecule has 0 radical (unpaired) electrons. The average Bonchev–Trinajstić information content (AvgIpc) is 2.76. The molecule has 2 saturated heterocycles. The molecule has 1 aromatic carbocycles. The summed E-state index contributed by atoms with van der Waals surface area (Å²) < 4.78 is 0. The van der Waals surface area contributed by atoms with Crippen molar-refractivity contribution in [3.05, 3.63) is 47.0 Å². The number of rotatable bonds is 4. The first-order valence-electron chi connectivity index (χ1n) is 10.4. The number of anilines is 2. The molecule has 0 bridgehead atoms. The molecular weight excluding hydrogens is 386 g/mol. The topological polar surface area (TPSA) is 52.6 Å². The maximum Gasteiger partial charge on any atom is 0.227 e. The standard InChI is InChI=1S/C22H28ClN5O/c1-17-8-10-26(11-9-17)20-6-7-21(25-24-20)27-12-14-28(15-13-27)22(29)16-18-4-2-3-5-19(18)23/h2-7,17H,8-16H2,1H3. The molecule has 0 spiro atoms. The third-order valence-electron chi connectivity index (χ3n) is 6.00. The van der Waals surface area contributed by atoms with Crippen LogP contribution in [0.1, 0.15) is 25.3 Å². The van der Waals surface area contributed by atoms with Gasteiger partial charge in [0.05, 0.1) is 6.42 Å². The summed E-state index contributed by atoms with van der Waals surface area (Å²) in [5, 5.41) is 9.57. The van der Waals surface area contributed by atoms with Gasteiger partial charge >= 0.3 is 0 Å². The number of carbonyl (C=O) groups is 1. The van der Waals surface area contributed by atoms with Gasteiger partial charge in [0.2, 0.25) is 5.91 Å². The van der Waals surface area contributed by atoms with Gasteiger partial charge in [-0.15, -0.1) is 10.2 Å². The van der Waals surface area contributed by atoms with E-state index in [0.29, 0.717) is 24.5 Å². The monoisotopic (exact) mass is 413 g/mol. The van der Waals surface area contributed by atoms with Crippen LogP contribution >= 0.6 is 11.6 Å². The second-order valence-corrected chi connectivity index (χ2v) is 8.46. The van der Waals surface area contributed by atoms with E-state index in [2.05, 4.69) is 39.1 Å². The van der Waals surface area contributed by atoms with Crippen LogP contribution in [0.5, 0.6) is 0 Å². The first-order valence-corrected chi connectivity index (χ1v) is 10.8. The lowest BCUT2D eigenvalue weighted by Crippen LogP contribution is -2.49. The van der Waals surface area contributed by atoms with E-state index in [4.69, 9.17) is 11.6 Å². The van der Waals surface area contributed by atoms with Gasteiger partial charge in [-0.1, -0.05) is 36.7 Å². The van der Waals surface area contributed by atoms with Gasteiger partial charge in [-0.2, -0.15) is 0 Å². The predicted molar refractivity (Wildman–Crippen MR) is 117 cm³/mol. The molecule has 3 heterocycles. The van der Waals surface area contributed by atoms with Crippen molar-refractivity contribution in [1.82, 2.24) is 15.1 Å². The van der Waals surface area contributed by atoms with Gasteiger partial charge in [0.15, 0.2) is 11.6 Å². The minimum absolute atomic E-state index is 0.124. The Bertz CT molecular complexity index is 827. The van der Waals surface area contributed by atoms with Crippen LogP contribution in [-0.4, -0.2) is 60.3 Å². The van der Waals surface area contributed by atoms with Crippen LogP contribution in [0.25, 0.3) is 0 Å². The number of hydrogen-bond acceptors (Lipinski definition) is 5. The fourth-order valence-corrected chi connectivity index (χ4v) is 4.20. The zero-order valence-corrected chi connectivity index (χ0v) is 17.7. The van der Waals surface area contributed by atoms with Crippen molar-refractivity contribution < 1.29 is 4.79 Å². The lowest BCUT2D eigenvalue weighted by atomic mass is 9.99.